The highest BCUT2D eigenvalue weighted by Gasteiger charge is 2.49. The number of hydrogen-bond donors (Lipinski definition) is 0. The van der Waals surface area contributed by atoms with Crippen molar-refractivity contribution in [1.82, 2.24) is 4.90 Å². The monoisotopic (exact) mass is 710 g/mol. The fraction of sp³-hybridized carbons (Fsp3) is 0.455. The smallest absolute Gasteiger partial charge is 0.308 e. The van der Waals surface area contributed by atoms with E-state index in [-0.39, 0.29) is 31.2 Å². The molecule has 0 spiro atoms. The molecule has 1 aromatic heterocycles. The van der Waals surface area contributed by atoms with Crippen LogP contribution < -0.4 is 4.31 Å². The summed E-state index contributed by atoms with van der Waals surface area (Å²) in [5, 5.41) is -0.173. The SMILES string of the molecule is CC[C@@H](CN(c1ccccc1F)S(=O)(=O)C1CC1)N1C(=O)C(CC(=O)OCC(C)C)O[C@H](c2cccc(Cl)c2)[C@H]1c1ccc(Cl)s1. The van der Waals surface area contributed by atoms with Crippen LogP contribution in [0.5, 0.6) is 0 Å². The molecule has 0 N–H and O–H groups in total. The van der Waals surface area contributed by atoms with Crippen LogP contribution in [0.4, 0.5) is 10.1 Å². The van der Waals surface area contributed by atoms with Crippen LogP contribution in [0.25, 0.3) is 0 Å². The van der Waals surface area contributed by atoms with Crippen LogP contribution in [0.2, 0.25) is 9.36 Å². The lowest BCUT2D eigenvalue weighted by atomic mass is 9.93. The second kappa shape index (κ2) is 14.6. The fourth-order valence-electron chi connectivity index (χ4n) is 5.63. The van der Waals surface area contributed by atoms with Crippen molar-refractivity contribution in [2.45, 2.75) is 76.0 Å². The number of esters is 1. The Labute approximate surface area is 283 Å². The van der Waals surface area contributed by atoms with Crippen molar-refractivity contribution in [2.24, 2.45) is 5.92 Å². The number of ether oxygens (including phenoxy) is 2. The fourth-order valence-corrected chi connectivity index (χ4v) is 8.91. The van der Waals surface area contributed by atoms with Gasteiger partial charge in [-0.1, -0.05) is 68.2 Å². The third-order valence-electron chi connectivity index (χ3n) is 8.03. The van der Waals surface area contributed by atoms with E-state index >= 15 is 4.39 Å². The molecule has 1 aliphatic heterocycles. The van der Waals surface area contributed by atoms with Gasteiger partial charge in [-0.05, 0) is 67.1 Å². The Hall–Kier alpha value is -2.70. The molecule has 0 bridgehead atoms. The van der Waals surface area contributed by atoms with Gasteiger partial charge in [0.2, 0.25) is 10.0 Å². The molecule has 1 saturated heterocycles. The molecule has 0 radical (unpaired) electrons. The molecule has 2 fully saturated rings. The molecule has 1 unspecified atom stereocenters. The third-order valence-corrected chi connectivity index (χ3v) is 11.8. The molecule has 248 valence electrons. The Balaban J connectivity index is 1.61. The molecule has 46 heavy (non-hydrogen) atoms. The second-order valence-electron chi connectivity index (χ2n) is 12.0. The summed E-state index contributed by atoms with van der Waals surface area (Å²) in [5.74, 6) is -1.68. The maximum Gasteiger partial charge on any atom is 0.308 e. The van der Waals surface area contributed by atoms with Crippen molar-refractivity contribution in [1.29, 1.82) is 0 Å². The molecule has 5 rings (SSSR count). The van der Waals surface area contributed by atoms with Crippen molar-refractivity contribution in [2.75, 3.05) is 17.5 Å². The van der Waals surface area contributed by atoms with Crippen molar-refractivity contribution in [3.8, 4) is 0 Å². The van der Waals surface area contributed by atoms with Crippen molar-refractivity contribution in [3.05, 3.63) is 86.3 Å². The number of anilines is 1. The van der Waals surface area contributed by atoms with E-state index in [2.05, 4.69) is 0 Å². The van der Waals surface area contributed by atoms with Crippen LogP contribution in [-0.2, 0) is 29.1 Å². The molecule has 1 amide bonds. The molecule has 8 nitrogen and oxygen atoms in total. The van der Waals surface area contributed by atoms with Gasteiger partial charge in [0.1, 0.15) is 18.0 Å². The van der Waals surface area contributed by atoms with Crippen LogP contribution in [0.15, 0.2) is 60.7 Å². The third kappa shape index (κ3) is 7.71. The molecule has 2 aromatic carbocycles. The van der Waals surface area contributed by atoms with Crippen molar-refractivity contribution >= 4 is 62.1 Å². The highest BCUT2D eigenvalue weighted by atomic mass is 35.5. The van der Waals surface area contributed by atoms with E-state index in [9.17, 15) is 18.0 Å². The maximum atomic E-state index is 15.2. The predicted molar refractivity (Wildman–Crippen MR) is 178 cm³/mol. The molecule has 4 atom stereocenters. The number of thiophene rings is 1. The maximum absolute atomic E-state index is 15.2. The van der Waals surface area contributed by atoms with Gasteiger partial charge in [-0.25, -0.2) is 12.8 Å². The van der Waals surface area contributed by atoms with Gasteiger partial charge in [0.25, 0.3) is 5.91 Å². The summed E-state index contributed by atoms with van der Waals surface area (Å²) in [6, 6.07) is 14.8. The molecule has 1 saturated carbocycles. The summed E-state index contributed by atoms with van der Waals surface area (Å²) in [4.78, 5) is 29.7. The van der Waals surface area contributed by atoms with E-state index in [1.165, 1.54) is 29.5 Å². The van der Waals surface area contributed by atoms with Gasteiger partial charge in [0, 0.05) is 9.90 Å². The number of carbonyl (C=O) groups excluding carboxylic acids is 2. The van der Waals surface area contributed by atoms with Gasteiger partial charge in [-0.3, -0.25) is 13.9 Å². The van der Waals surface area contributed by atoms with Gasteiger partial charge in [0.15, 0.2) is 0 Å². The van der Waals surface area contributed by atoms with E-state index in [1.807, 2.05) is 26.8 Å². The molecule has 1 aliphatic carbocycles. The Morgan fingerprint density at radius 3 is 2.48 bits per heavy atom. The standard InChI is InChI=1S/C33H37Cl2FN2O6S2/c1-4-23(18-37(46(41,42)24-12-13-24)26-11-6-5-10-25(26)36)38-31(28-14-15-29(35)45-28)32(21-8-7-9-22(34)16-21)44-27(33(38)40)17-30(39)43-19-20(2)3/h5-11,14-16,20,23-24,27,31-32H,4,12-13,17-19H2,1-3H3/t23-,27?,31+,32+/m0/s1. The first-order valence-corrected chi connectivity index (χ1v) is 18.4. The number of sulfonamides is 1. The lowest BCUT2D eigenvalue weighted by molar-refractivity contribution is -0.184. The lowest BCUT2D eigenvalue weighted by Gasteiger charge is -2.48. The highest BCUT2D eigenvalue weighted by Crippen LogP contribution is 2.47. The van der Waals surface area contributed by atoms with Crippen LogP contribution in [0.1, 0.15) is 69.0 Å². The van der Waals surface area contributed by atoms with Gasteiger partial charge >= 0.3 is 5.97 Å². The average molecular weight is 712 g/mol. The van der Waals surface area contributed by atoms with Gasteiger partial charge in [-0.15, -0.1) is 11.3 Å². The van der Waals surface area contributed by atoms with Gasteiger partial charge in [-0.2, -0.15) is 0 Å². The van der Waals surface area contributed by atoms with Crippen molar-refractivity contribution in [3.63, 3.8) is 0 Å². The number of para-hydroxylation sites is 1. The van der Waals surface area contributed by atoms with Crippen molar-refractivity contribution < 1.29 is 31.9 Å². The van der Waals surface area contributed by atoms with Gasteiger partial charge < -0.3 is 14.4 Å². The quantitative estimate of drug-likeness (QED) is 0.170. The minimum Gasteiger partial charge on any atom is -0.465 e. The second-order valence-corrected chi connectivity index (χ2v) is 16.3. The van der Waals surface area contributed by atoms with Crippen LogP contribution in [0.3, 0.4) is 0 Å². The molecule has 3 aromatic rings. The molecular formula is C33H37Cl2FN2O6S2. The molecular weight excluding hydrogens is 674 g/mol. The summed E-state index contributed by atoms with van der Waals surface area (Å²) in [5.41, 5.74) is 0.580. The average Bonchev–Trinajstić information content (AvgIpc) is 3.80. The first kappa shape index (κ1) is 34.6. The van der Waals surface area contributed by atoms with Crippen LogP contribution in [-0.4, -0.2) is 55.7 Å². The van der Waals surface area contributed by atoms with E-state index < -0.39 is 57.3 Å². The van der Waals surface area contributed by atoms with E-state index in [0.717, 1.165) is 4.31 Å². The highest BCUT2D eigenvalue weighted by molar-refractivity contribution is 7.93. The van der Waals surface area contributed by atoms with Gasteiger partial charge in [0.05, 0.1) is 46.9 Å². The largest absolute Gasteiger partial charge is 0.465 e. The minimum absolute atomic E-state index is 0.0792. The number of carbonyl (C=O) groups is 2. The summed E-state index contributed by atoms with van der Waals surface area (Å²) in [6.45, 7) is 5.64. The zero-order chi connectivity index (χ0) is 33.2. The summed E-state index contributed by atoms with van der Waals surface area (Å²) < 4.78 is 56.3. The molecule has 2 aliphatic rings. The Kier molecular flexibility index (Phi) is 11.0. The number of halogens is 3. The Morgan fingerprint density at radius 2 is 1.87 bits per heavy atom. The number of hydrogen-bond acceptors (Lipinski definition) is 7. The minimum atomic E-state index is -3.95. The zero-order valence-electron chi connectivity index (χ0n) is 25.8. The predicted octanol–water partition coefficient (Wildman–Crippen LogP) is 7.57. The summed E-state index contributed by atoms with van der Waals surface area (Å²) in [7, 11) is -3.95. The normalized spacial score (nSPS) is 21.0. The van der Waals surface area contributed by atoms with E-state index in [1.54, 1.807) is 41.3 Å². The number of amides is 1. The first-order chi connectivity index (χ1) is 21.9. The van der Waals surface area contributed by atoms with Crippen LogP contribution in [0, 0.1) is 11.7 Å². The van der Waals surface area contributed by atoms with E-state index in [0.29, 0.717) is 39.1 Å². The zero-order valence-corrected chi connectivity index (χ0v) is 28.9. The number of benzene rings is 2. The first-order valence-electron chi connectivity index (χ1n) is 15.3. The Morgan fingerprint density at radius 1 is 1.13 bits per heavy atom. The topological polar surface area (TPSA) is 93.2 Å². The lowest BCUT2D eigenvalue weighted by Crippen LogP contribution is -2.58. The Bertz CT molecular complexity index is 1660. The summed E-state index contributed by atoms with van der Waals surface area (Å²) >= 11 is 14.1. The number of nitrogens with zero attached hydrogens (tertiary/aromatic N) is 2. The molecule has 13 heteroatoms. The number of rotatable bonds is 13. The molecule has 2 heterocycles. The summed E-state index contributed by atoms with van der Waals surface area (Å²) in [6.07, 6.45) is -1.09. The number of morpholine rings is 1. The van der Waals surface area contributed by atoms with Crippen LogP contribution >= 0.6 is 34.5 Å². The van der Waals surface area contributed by atoms with E-state index in [4.69, 9.17) is 32.7 Å².